The van der Waals surface area contributed by atoms with Gasteiger partial charge in [0.1, 0.15) is 0 Å². The first-order valence-corrected chi connectivity index (χ1v) is 10.6. The summed E-state index contributed by atoms with van der Waals surface area (Å²) in [5.41, 5.74) is 1.26. The van der Waals surface area contributed by atoms with Gasteiger partial charge in [-0.05, 0) is 49.4 Å². The standard InChI is InChI=1S/C19H26N4S2/c24-19-23(14-22-12-6-10-16-9-4-5-11-17(16)22)21-18(25-19)20-13-15-7-2-1-3-8-15/h1-3,7-8,16-17H,4-6,9-14H2,(H,20,21)/t16-,17+/m0/s1. The molecule has 1 saturated carbocycles. The van der Waals surface area contributed by atoms with Crippen molar-refractivity contribution in [3.05, 3.63) is 39.8 Å². The third-order valence-electron chi connectivity index (χ3n) is 5.57. The fraction of sp³-hybridized carbons (Fsp3) is 0.579. The monoisotopic (exact) mass is 374 g/mol. The van der Waals surface area contributed by atoms with Crippen molar-refractivity contribution >= 4 is 28.7 Å². The molecule has 2 aliphatic rings. The lowest BCUT2D eigenvalue weighted by Crippen LogP contribution is -2.47. The lowest BCUT2D eigenvalue weighted by Gasteiger charge is -2.43. The van der Waals surface area contributed by atoms with Gasteiger partial charge in [-0.3, -0.25) is 4.90 Å². The van der Waals surface area contributed by atoms with E-state index in [0.29, 0.717) is 0 Å². The van der Waals surface area contributed by atoms with Gasteiger partial charge in [-0.25, -0.2) is 4.68 Å². The van der Waals surface area contributed by atoms with Crippen LogP contribution in [0.4, 0.5) is 5.13 Å². The normalized spacial score (nSPS) is 24.0. The summed E-state index contributed by atoms with van der Waals surface area (Å²) in [6.45, 7) is 2.83. The Morgan fingerprint density at radius 1 is 1.12 bits per heavy atom. The molecule has 0 bridgehead atoms. The maximum absolute atomic E-state index is 5.57. The fourth-order valence-electron chi connectivity index (χ4n) is 4.32. The average molecular weight is 375 g/mol. The first-order chi connectivity index (χ1) is 12.3. The molecule has 2 atom stereocenters. The first kappa shape index (κ1) is 17.2. The molecule has 2 heterocycles. The third kappa shape index (κ3) is 4.13. The number of hydrogen-bond acceptors (Lipinski definition) is 5. The summed E-state index contributed by atoms with van der Waals surface area (Å²) in [5, 5.41) is 9.07. The molecule has 25 heavy (non-hydrogen) atoms. The van der Waals surface area contributed by atoms with E-state index >= 15 is 0 Å². The summed E-state index contributed by atoms with van der Waals surface area (Å²) < 4.78 is 2.89. The van der Waals surface area contributed by atoms with E-state index in [9.17, 15) is 0 Å². The largest absolute Gasteiger partial charge is 0.356 e. The van der Waals surface area contributed by atoms with Gasteiger partial charge >= 0.3 is 0 Å². The number of benzene rings is 1. The summed E-state index contributed by atoms with van der Waals surface area (Å²) in [6, 6.07) is 11.2. The fourth-order valence-corrected chi connectivity index (χ4v) is 5.30. The molecule has 1 aliphatic heterocycles. The predicted octanol–water partition coefficient (Wildman–Crippen LogP) is 4.90. The van der Waals surface area contributed by atoms with Crippen LogP contribution in [0, 0.1) is 9.87 Å². The predicted molar refractivity (Wildman–Crippen MR) is 106 cm³/mol. The highest BCUT2D eigenvalue weighted by Gasteiger charge is 2.33. The van der Waals surface area contributed by atoms with Crippen LogP contribution in [0.1, 0.15) is 44.1 Å². The highest BCUT2D eigenvalue weighted by atomic mass is 32.1. The van der Waals surface area contributed by atoms with E-state index in [-0.39, 0.29) is 0 Å². The SMILES string of the molecule is S=c1sc(NCc2ccccc2)nn1CN1CCC[C@@H]2CCCC[C@H]21. The van der Waals surface area contributed by atoms with Crippen LogP contribution in [0.15, 0.2) is 30.3 Å². The minimum atomic E-state index is 0.742. The van der Waals surface area contributed by atoms with Crippen molar-refractivity contribution in [1.82, 2.24) is 14.7 Å². The van der Waals surface area contributed by atoms with Gasteiger partial charge in [0.25, 0.3) is 0 Å². The minimum absolute atomic E-state index is 0.742. The molecule has 0 amide bonds. The number of anilines is 1. The highest BCUT2D eigenvalue weighted by molar-refractivity contribution is 7.73. The molecular formula is C19H26N4S2. The Hall–Kier alpha value is -1.24. The van der Waals surface area contributed by atoms with E-state index in [1.54, 1.807) is 11.3 Å². The lowest BCUT2D eigenvalue weighted by atomic mass is 9.78. The Labute approximate surface area is 158 Å². The molecular weight excluding hydrogens is 348 g/mol. The molecule has 1 aromatic carbocycles. The first-order valence-electron chi connectivity index (χ1n) is 9.39. The molecule has 6 heteroatoms. The Kier molecular flexibility index (Phi) is 5.48. The highest BCUT2D eigenvalue weighted by Crippen LogP contribution is 2.35. The number of nitrogens with zero attached hydrogens (tertiary/aromatic N) is 3. The molecule has 134 valence electrons. The molecule has 2 fully saturated rings. The zero-order valence-electron chi connectivity index (χ0n) is 14.6. The van der Waals surface area contributed by atoms with Crippen LogP contribution in [0.3, 0.4) is 0 Å². The molecule has 0 radical (unpaired) electrons. The molecule has 4 nitrogen and oxygen atoms in total. The van der Waals surface area contributed by atoms with Crippen molar-refractivity contribution < 1.29 is 0 Å². The number of nitrogens with one attached hydrogen (secondary N) is 1. The van der Waals surface area contributed by atoms with Gasteiger partial charge in [-0.1, -0.05) is 54.5 Å². The van der Waals surface area contributed by atoms with Gasteiger partial charge in [0.15, 0.2) is 3.95 Å². The number of hydrogen-bond donors (Lipinski definition) is 1. The van der Waals surface area contributed by atoms with E-state index in [2.05, 4.69) is 34.5 Å². The van der Waals surface area contributed by atoms with E-state index in [0.717, 1.165) is 34.3 Å². The van der Waals surface area contributed by atoms with Gasteiger partial charge < -0.3 is 5.32 Å². The molecule has 0 spiro atoms. The van der Waals surface area contributed by atoms with Crippen LogP contribution in [0.2, 0.25) is 0 Å². The lowest BCUT2D eigenvalue weighted by molar-refractivity contribution is 0.0327. The number of piperidine rings is 1. The number of rotatable bonds is 5. The summed E-state index contributed by atoms with van der Waals surface area (Å²) >= 11 is 7.15. The van der Waals surface area contributed by atoms with Crippen molar-refractivity contribution in [2.75, 3.05) is 11.9 Å². The Morgan fingerprint density at radius 2 is 1.92 bits per heavy atom. The van der Waals surface area contributed by atoms with Gasteiger partial charge in [0, 0.05) is 19.1 Å². The topological polar surface area (TPSA) is 33.1 Å². The second kappa shape index (κ2) is 7.98. The van der Waals surface area contributed by atoms with Crippen LogP contribution in [0.5, 0.6) is 0 Å². The number of fused-ring (bicyclic) bond motifs is 1. The molecule has 4 rings (SSSR count). The summed E-state index contributed by atoms with van der Waals surface area (Å²) in [5.74, 6) is 0.894. The van der Waals surface area contributed by atoms with Crippen LogP contribution >= 0.6 is 23.6 Å². The third-order valence-corrected chi connectivity index (χ3v) is 6.83. The maximum Gasteiger partial charge on any atom is 0.204 e. The Balaban J connectivity index is 1.41. The Bertz CT molecular complexity index is 737. The average Bonchev–Trinajstić information content (AvgIpc) is 3.01. The van der Waals surface area contributed by atoms with Crippen LogP contribution < -0.4 is 5.32 Å². The quantitative estimate of drug-likeness (QED) is 0.755. The molecule has 1 aliphatic carbocycles. The van der Waals surface area contributed by atoms with Gasteiger partial charge in [-0.2, -0.15) is 0 Å². The van der Waals surface area contributed by atoms with Crippen molar-refractivity contribution in [2.24, 2.45) is 5.92 Å². The van der Waals surface area contributed by atoms with E-state index in [4.69, 9.17) is 17.3 Å². The molecule has 0 unspecified atom stereocenters. The minimum Gasteiger partial charge on any atom is -0.356 e. The second-order valence-electron chi connectivity index (χ2n) is 7.22. The van der Waals surface area contributed by atoms with E-state index < -0.39 is 0 Å². The van der Waals surface area contributed by atoms with Gasteiger partial charge in [0.2, 0.25) is 5.13 Å². The molecule has 1 aromatic heterocycles. The van der Waals surface area contributed by atoms with E-state index in [1.165, 1.54) is 50.6 Å². The van der Waals surface area contributed by atoms with Crippen molar-refractivity contribution in [2.45, 2.75) is 57.8 Å². The molecule has 1 saturated heterocycles. The molecule has 2 aromatic rings. The van der Waals surface area contributed by atoms with Gasteiger partial charge in [-0.15, -0.1) is 5.10 Å². The smallest absolute Gasteiger partial charge is 0.204 e. The van der Waals surface area contributed by atoms with E-state index in [1.807, 2.05) is 10.7 Å². The summed E-state index contributed by atoms with van der Waals surface area (Å²) in [7, 11) is 0. The van der Waals surface area contributed by atoms with Crippen molar-refractivity contribution in [3.63, 3.8) is 0 Å². The zero-order chi connectivity index (χ0) is 17.1. The van der Waals surface area contributed by atoms with Crippen LogP contribution in [0.25, 0.3) is 0 Å². The zero-order valence-corrected chi connectivity index (χ0v) is 16.2. The van der Waals surface area contributed by atoms with Crippen molar-refractivity contribution in [1.29, 1.82) is 0 Å². The molecule has 1 N–H and O–H groups in total. The summed E-state index contributed by atoms with van der Waals surface area (Å²) in [4.78, 5) is 2.63. The van der Waals surface area contributed by atoms with Crippen molar-refractivity contribution in [3.8, 4) is 0 Å². The Morgan fingerprint density at radius 3 is 2.80 bits per heavy atom. The summed E-state index contributed by atoms with van der Waals surface area (Å²) in [6.07, 6.45) is 8.28. The second-order valence-corrected chi connectivity index (χ2v) is 8.84. The number of likely N-dealkylation sites (tertiary alicyclic amines) is 1. The maximum atomic E-state index is 5.57. The van der Waals surface area contributed by atoms with Gasteiger partial charge in [0.05, 0.1) is 6.67 Å². The number of aromatic nitrogens is 2. The van der Waals surface area contributed by atoms with Crippen LogP contribution in [-0.2, 0) is 13.2 Å². The van der Waals surface area contributed by atoms with Crippen LogP contribution in [-0.4, -0.2) is 27.3 Å².